The molecule has 2 fully saturated rings. The van der Waals surface area contributed by atoms with Crippen LogP contribution in [0.1, 0.15) is 12.8 Å². The molecule has 1 saturated heterocycles. The van der Waals surface area contributed by atoms with Crippen LogP contribution in [0.3, 0.4) is 0 Å². The van der Waals surface area contributed by atoms with Crippen LogP contribution in [0, 0.1) is 11.8 Å². The van der Waals surface area contributed by atoms with Gasteiger partial charge in [-0.15, -0.1) is 0 Å². The Balaban J connectivity index is 1.53. The van der Waals surface area contributed by atoms with Crippen molar-refractivity contribution in [2.75, 3.05) is 26.3 Å². The molecule has 25 heavy (non-hydrogen) atoms. The van der Waals surface area contributed by atoms with Crippen molar-refractivity contribution < 1.29 is 9.13 Å². The molecule has 0 bridgehead atoms. The molecule has 1 N–H and O–H groups in total. The van der Waals surface area contributed by atoms with Crippen molar-refractivity contribution in [1.82, 2.24) is 10.2 Å². The molecule has 3 aliphatic heterocycles. The van der Waals surface area contributed by atoms with Gasteiger partial charge in [0.25, 0.3) is 0 Å². The lowest BCUT2D eigenvalue weighted by Gasteiger charge is -2.35. The fourth-order valence-corrected chi connectivity index (χ4v) is 4.10. The topological polar surface area (TPSA) is 49.2 Å². The molecule has 2 aliphatic carbocycles. The number of aliphatic imine (C=N–C) groups is 2. The molecule has 0 aromatic heterocycles. The van der Waals surface area contributed by atoms with E-state index in [4.69, 9.17) is 9.73 Å². The van der Waals surface area contributed by atoms with Crippen LogP contribution in [0.5, 0.6) is 0 Å². The van der Waals surface area contributed by atoms with Crippen LogP contribution < -0.4 is 5.32 Å². The minimum absolute atomic E-state index is 0.151. The maximum atomic E-state index is 13.5. The summed E-state index contributed by atoms with van der Waals surface area (Å²) in [5, 5.41) is 3.31. The molecule has 3 atom stereocenters. The molecule has 5 nitrogen and oxygen atoms in total. The summed E-state index contributed by atoms with van der Waals surface area (Å²) < 4.78 is 19.0. The van der Waals surface area contributed by atoms with Gasteiger partial charge < -0.3 is 15.0 Å². The lowest BCUT2D eigenvalue weighted by atomic mass is 9.95. The number of nitrogens with one attached hydrogen (secondary N) is 1. The molecule has 5 aliphatic rings. The Morgan fingerprint density at radius 2 is 2.08 bits per heavy atom. The number of morpholine rings is 1. The highest BCUT2D eigenvalue weighted by molar-refractivity contribution is 6.07. The first kappa shape index (κ1) is 15.1. The summed E-state index contributed by atoms with van der Waals surface area (Å²) in [7, 11) is 0. The second-order valence-electron chi connectivity index (χ2n) is 7.02. The van der Waals surface area contributed by atoms with E-state index in [0.717, 1.165) is 55.5 Å². The zero-order chi connectivity index (χ0) is 16.8. The molecule has 0 amide bonds. The molecule has 6 heteroatoms. The van der Waals surface area contributed by atoms with Crippen molar-refractivity contribution in [2.45, 2.75) is 18.9 Å². The van der Waals surface area contributed by atoms with Gasteiger partial charge in [-0.25, -0.2) is 4.39 Å². The summed E-state index contributed by atoms with van der Waals surface area (Å²) in [4.78, 5) is 12.0. The maximum Gasteiger partial charge on any atom is 0.131 e. The lowest BCUT2D eigenvalue weighted by Crippen LogP contribution is -2.44. The molecule has 5 rings (SSSR count). The van der Waals surface area contributed by atoms with Gasteiger partial charge in [0.2, 0.25) is 0 Å². The Bertz CT molecular complexity index is 770. The number of allylic oxidation sites excluding steroid dienone is 6. The van der Waals surface area contributed by atoms with Crippen LogP contribution in [0.25, 0.3) is 0 Å². The Kier molecular flexibility index (Phi) is 3.59. The van der Waals surface area contributed by atoms with E-state index in [1.165, 1.54) is 0 Å². The minimum Gasteiger partial charge on any atom is -0.378 e. The van der Waals surface area contributed by atoms with E-state index >= 15 is 0 Å². The highest BCUT2D eigenvalue weighted by atomic mass is 19.1. The van der Waals surface area contributed by atoms with E-state index in [9.17, 15) is 4.39 Å². The number of rotatable bonds is 2. The second kappa shape index (κ2) is 5.95. The Labute approximate surface area is 146 Å². The van der Waals surface area contributed by atoms with Gasteiger partial charge in [0.05, 0.1) is 25.3 Å². The van der Waals surface area contributed by atoms with Crippen LogP contribution >= 0.6 is 0 Å². The van der Waals surface area contributed by atoms with Crippen molar-refractivity contribution >= 4 is 12.1 Å². The number of fused-ring (bicyclic) bond motifs is 3. The van der Waals surface area contributed by atoms with Gasteiger partial charge in [-0.2, -0.15) is 0 Å². The molecule has 3 heterocycles. The first-order valence-corrected chi connectivity index (χ1v) is 8.99. The van der Waals surface area contributed by atoms with E-state index in [-0.39, 0.29) is 11.9 Å². The lowest BCUT2D eigenvalue weighted by molar-refractivity contribution is 0.0506. The fraction of sp³-hybridized carbons (Fsp3) is 0.474. The summed E-state index contributed by atoms with van der Waals surface area (Å²) in [6.07, 6.45) is 10.6. The average molecular weight is 340 g/mol. The Morgan fingerprint density at radius 1 is 1.20 bits per heavy atom. The number of hydrogen-bond acceptors (Lipinski definition) is 5. The van der Waals surface area contributed by atoms with Crippen molar-refractivity contribution in [3.63, 3.8) is 0 Å². The number of halogens is 1. The molecule has 1 saturated carbocycles. The standard InChI is InChI=1S/C19H21FN4O/c20-13-3-1-2-12(4-5-13)16-14-10-15(14)17-18(23-16)19(22-11-21-17)24-6-8-25-9-7-24/h2-5,11,14-15,17H,1,6-10H2,(H,21,22). The second-order valence-corrected chi connectivity index (χ2v) is 7.02. The first-order chi connectivity index (χ1) is 12.3. The predicted molar refractivity (Wildman–Crippen MR) is 94.9 cm³/mol. The van der Waals surface area contributed by atoms with Gasteiger partial charge in [0, 0.05) is 19.0 Å². The Hall–Kier alpha value is -2.21. The molecular weight excluding hydrogens is 319 g/mol. The molecule has 3 unspecified atom stereocenters. The summed E-state index contributed by atoms with van der Waals surface area (Å²) in [6.45, 7) is 3.20. The van der Waals surface area contributed by atoms with Crippen LogP contribution in [-0.2, 0) is 4.74 Å². The summed E-state index contributed by atoms with van der Waals surface area (Å²) in [5.74, 6) is 1.86. The monoisotopic (exact) mass is 340 g/mol. The maximum absolute atomic E-state index is 13.5. The van der Waals surface area contributed by atoms with E-state index in [1.807, 2.05) is 12.4 Å². The van der Waals surface area contributed by atoms with Gasteiger partial charge in [0.1, 0.15) is 23.4 Å². The van der Waals surface area contributed by atoms with Gasteiger partial charge in [-0.05, 0) is 36.5 Å². The molecule has 0 spiro atoms. The zero-order valence-electron chi connectivity index (χ0n) is 14.0. The predicted octanol–water partition coefficient (Wildman–Crippen LogP) is 2.32. The van der Waals surface area contributed by atoms with Crippen molar-refractivity contribution in [3.8, 4) is 0 Å². The number of ether oxygens (including phenoxy) is 1. The minimum atomic E-state index is -0.176. The van der Waals surface area contributed by atoms with Gasteiger partial charge in [0.15, 0.2) is 0 Å². The van der Waals surface area contributed by atoms with Crippen LogP contribution in [0.4, 0.5) is 4.39 Å². The largest absolute Gasteiger partial charge is 0.378 e. The number of hydrogen-bond donors (Lipinski definition) is 1. The van der Waals surface area contributed by atoms with Crippen LogP contribution in [-0.4, -0.2) is 49.3 Å². The highest BCUT2D eigenvalue weighted by Gasteiger charge is 2.52. The molecule has 130 valence electrons. The van der Waals surface area contributed by atoms with E-state index < -0.39 is 0 Å². The van der Waals surface area contributed by atoms with E-state index in [0.29, 0.717) is 18.3 Å². The third-order valence-electron chi connectivity index (χ3n) is 5.49. The average Bonchev–Trinajstić information content (AvgIpc) is 3.46. The summed E-state index contributed by atoms with van der Waals surface area (Å²) >= 11 is 0. The van der Waals surface area contributed by atoms with Crippen molar-refractivity contribution in [2.24, 2.45) is 21.8 Å². The molecular formula is C19H21FN4O. The SMILES string of the molecule is FC1=CCC=C(C2=NC3=C(N4CCOCC4)NC=NC3C3CC23)C=C1. The van der Waals surface area contributed by atoms with Gasteiger partial charge in [-0.1, -0.05) is 12.2 Å². The van der Waals surface area contributed by atoms with Crippen molar-refractivity contribution in [3.05, 3.63) is 47.2 Å². The first-order valence-electron chi connectivity index (χ1n) is 8.99. The number of nitrogens with zero attached hydrogens (tertiary/aromatic N) is 3. The highest BCUT2D eigenvalue weighted by Crippen LogP contribution is 2.51. The van der Waals surface area contributed by atoms with Crippen LogP contribution in [0.15, 0.2) is 57.2 Å². The molecule has 0 aromatic carbocycles. The zero-order valence-corrected chi connectivity index (χ0v) is 14.0. The quantitative estimate of drug-likeness (QED) is 0.839. The normalized spacial score (nSPS) is 33.6. The Morgan fingerprint density at radius 3 is 2.96 bits per heavy atom. The van der Waals surface area contributed by atoms with Gasteiger partial charge in [-0.3, -0.25) is 9.98 Å². The van der Waals surface area contributed by atoms with Gasteiger partial charge >= 0.3 is 0 Å². The summed E-state index contributed by atoms with van der Waals surface area (Å²) in [6, 6.07) is 0.151. The molecule has 0 radical (unpaired) electrons. The summed E-state index contributed by atoms with van der Waals surface area (Å²) in [5.41, 5.74) is 3.18. The van der Waals surface area contributed by atoms with E-state index in [2.05, 4.69) is 21.3 Å². The molecule has 0 aromatic rings. The smallest absolute Gasteiger partial charge is 0.131 e. The fourth-order valence-electron chi connectivity index (χ4n) is 4.10. The van der Waals surface area contributed by atoms with Crippen LogP contribution in [0.2, 0.25) is 0 Å². The third kappa shape index (κ3) is 2.65. The van der Waals surface area contributed by atoms with E-state index in [1.54, 1.807) is 12.2 Å². The third-order valence-corrected chi connectivity index (χ3v) is 5.49. The van der Waals surface area contributed by atoms with Crippen molar-refractivity contribution in [1.29, 1.82) is 0 Å².